The summed E-state index contributed by atoms with van der Waals surface area (Å²) < 4.78 is 0. The molecule has 0 aromatic rings. The third-order valence-electron chi connectivity index (χ3n) is 1.96. The lowest BCUT2D eigenvalue weighted by Gasteiger charge is -2.16. The highest BCUT2D eigenvalue weighted by atomic mass is 16.3. The molecule has 1 rings (SSSR count). The van der Waals surface area contributed by atoms with E-state index >= 15 is 0 Å². The molecule has 11 heavy (non-hydrogen) atoms. The van der Waals surface area contributed by atoms with E-state index in [2.05, 4.69) is 4.90 Å². The number of likely N-dealkylation sites (tertiary alicyclic amines) is 1. The predicted molar refractivity (Wildman–Crippen MR) is 40.9 cm³/mol. The minimum atomic E-state index is -0.992. The molecule has 1 aliphatic heterocycles. The molecule has 0 saturated carbocycles. The van der Waals surface area contributed by atoms with Gasteiger partial charge in [0.2, 0.25) is 5.91 Å². The van der Waals surface area contributed by atoms with Crippen molar-refractivity contribution in [3.8, 4) is 0 Å². The topological polar surface area (TPSA) is 66.6 Å². The lowest BCUT2D eigenvalue weighted by Crippen LogP contribution is -2.38. The van der Waals surface area contributed by atoms with E-state index in [9.17, 15) is 4.79 Å². The largest absolute Gasteiger partial charge is 0.382 e. The molecule has 1 aliphatic rings. The van der Waals surface area contributed by atoms with Gasteiger partial charge in [-0.3, -0.25) is 4.79 Å². The Balaban J connectivity index is 2.23. The van der Waals surface area contributed by atoms with E-state index in [0.717, 1.165) is 25.9 Å². The van der Waals surface area contributed by atoms with Crippen LogP contribution in [0.1, 0.15) is 12.8 Å². The van der Waals surface area contributed by atoms with E-state index in [4.69, 9.17) is 10.8 Å². The van der Waals surface area contributed by atoms with Gasteiger partial charge in [-0.1, -0.05) is 0 Å². The molecule has 0 bridgehead atoms. The lowest BCUT2D eigenvalue weighted by molar-refractivity contribution is -0.126. The average molecular weight is 158 g/mol. The zero-order chi connectivity index (χ0) is 8.27. The fraction of sp³-hybridized carbons (Fsp3) is 0.857. The Bertz CT molecular complexity index is 143. The molecule has 0 spiro atoms. The van der Waals surface area contributed by atoms with Crippen LogP contribution in [-0.2, 0) is 4.79 Å². The van der Waals surface area contributed by atoms with Crippen LogP contribution in [0.2, 0.25) is 0 Å². The quantitative estimate of drug-likeness (QED) is 0.549. The number of nitrogens with zero attached hydrogens (tertiary/aromatic N) is 1. The first-order valence-electron chi connectivity index (χ1n) is 3.90. The van der Waals surface area contributed by atoms with Crippen LogP contribution in [0.3, 0.4) is 0 Å². The second-order valence-corrected chi connectivity index (χ2v) is 2.93. The highest BCUT2D eigenvalue weighted by Crippen LogP contribution is 2.07. The van der Waals surface area contributed by atoms with Gasteiger partial charge in [0.1, 0.15) is 6.10 Å². The SMILES string of the molecule is NC(=O)[C@@H](O)CN1CCCC1. The number of rotatable bonds is 3. The van der Waals surface area contributed by atoms with Crippen molar-refractivity contribution in [2.75, 3.05) is 19.6 Å². The fourth-order valence-electron chi connectivity index (χ4n) is 1.30. The smallest absolute Gasteiger partial charge is 0.247 e. The maximum absolute atomic E-state index is 10.4. The van der Waals surface area contributed by atoms with Gasteiger partial charge in [0.05, 0.1) is 0 Å². The summed E-state index contributed by atoms with van der Waals surface area (Å²) in [6.07, 6.45) is 1.32. The van der Waals surface area contributed by atoms with Crippen LogP contribution in [0.4, 0.5) is 0 Å². The van der Waals surface area contributed by atoms with E-state index in [1.54, 1.807) is 0 Å². The van der Waals surface area contributed by atoms with Crippen molar-refractivity contribution in [1.82, 2.24) is 4.90 Å². The molecule has 4 heteroatoms. The number of amides is 1. The monoisotopic (exact) mass is 158 g/mol. The van der Waals surface area contributed by atoms with E-state index in [1.807, 2.05) is 0 Å². The van der Waals surface area contributed by atoms with Gasteiger partial charge >= 0.3 is 0 Å². The molecule has 1 saturated heterocycles. The molecule has 3 N–H and O–H groups in total. The molecule has 0 aromatic heterocycles. The zero-order valence-electron chi connectivity index (χ0n) is 6.49. The molecule has 4 nitrogen and oxygen atoms in total. The van der Waals surface area contributed by atoms with Gasteiger partial charge in [-0.15, -0.1) is 0 Å². The number of aliphatic hydroxyl groups is 1. The standard InChI is InChI=1S/C7H14N2O2/c8-7(11)6(10)5-9-3-1-2-4-9/h6,10H,1-5H2,(H2,8,11)/t6-/m0/s1. The number of β-amino-alcohol motifs (C(OH)–C–C–N with tert-alkyl or cyclic N) is 1. The minimum Gasteiger partial charge on any atom is -0.382 e. The van der Waals surface area contributed by atoms with E-state index in [-0.39, 0.29) is 0 Å². The molecule has 1 fully saturated rings. The van der Waals surface area contributed by atoms with Crippen LogP contribution in [0.15, 0.2) is 0 Å². The molecule has 1 amide bonds. The number of primary amides is 1. The van der Waals surface area contributed by atoms with Gasteiger partial charge in [0.15, 0.2) is 0 Å². The fourth-order valence-corrected chi connectivity index (χ4v) is 1.30. The van der Waals surface area contributed by atoms with Crippen molar-refractivity contribution in [3.63, 3.8) is 0 Å². The number of hydrogen-bond acceptors (Lipinski definition) is 3. The molecule has 1 heterocycles. The van der Waals surface area contributed by atoms with Gasteiger partial charge in [0.25, 0.3) is 0 Å². The summed E-state index contributed by atoms with van der Waals surface area (Å²) in [6.45, 7) is 2.35. The first-order valence-corrected chi connectivity index (χ1v) is 3.90. The molecule has 0 unspecified atom stereocenters. The van der Waals surface area contributed by atoms with Crippen molar-refractivity contribution in [2.45, 2.75) is 18.9 Å². The third kappa shape index (κ3) is 2.48. The Hall–Kier alpha value is -0.610. The lowest BCUT2D eigenvalue weighted by atomic mass is 10.3. The zero-order valence-corrected chi connectivity index (χ0v) is 6.49. The maximum atomic E-state index is 10.4. The van der Waals surface area contributed by atoms with Gasteiger partial charge < -0.3 is 15.7 Å². The molecule has 0 aromatic carbocycles. The van der Waals surface area contributed by atoms with E-state index in [1.165, 1.54) is 0 Å². The van der Waals surface area contributed by atoms with Crippen molar-refractivity contribution in [3.05, 3.63) is 0 Å². The molecule has 0 radical (unpaired) electrons. The van der Waals surface area contributed by atoms with Gasteiger partial charge in [-0.2, -0.15) is 0 Å². The number of carbonyl (C=O) groups excluding carboxylic acids is 1. The number of carbonyl (C=O) groups is 1. The molecular formula is C7H14N2O2. The molecule has 1 atom stereocenters. The van der Waals surface area contributed by atoms with Gasteiger partial charge in [0, 0.05) is 6.54 Å². The van der Waals surface area contributed by atoms with Crippen LogP contribution in [0.25, 0.3) is 0 Å². The second kappa shape index (κ2) is 3.69. The van der Waals surface area contributed by atoms with E-state index < -0.39 is 12.0 Å². The van der Waals surface area contributed by atoms with Crippen molar-refractivity contribution < 1.29 is 9.90 Å². The predicted octanol–water partition coefficient (Wildman–Crippen LogP) is -1.07. The highest BCUT2D eigenvalue weighted by Gasteiger charge is 2.18. The summed E-state index contributed by atoms with van der Waals surface area (Å²) >= 11 is 0. The van der Waals surface area contributed by atoms with E-state index in [0.29, 0.717) is 6.54 Å². The Kier molecular flexibility index (Phi) is 2.84. The average Bonchev–Trinajstić information content (AvgIpc) is 2.39. The molecule has 0 aliphatic carbocycles. The number of aliphatic hydroxyl groups excluding tert-OH is 1. The van der Waals surface area contributed by atoms with Crippen LogP contribution in [0.5, 0.6) is 0 Å². The second-order valence-electron chi connectivity index (χ2n) is 2.93. The summed E-state index contributed by atoms with van der Waals surface area (Å²) in [5.74, 6) is -0.628. The summed E-state index contributed by atoms with van der Waals surface area (Å²) in [5, 5.41) is 9.07. The third-order valence-corrected chi connectivity index (χ3v) is 1.96. The number of hydrogen-bond donors (Lipinski definition) is 2. The van der Waals surface area contributed by atoms with Crippen molar-refractivity contribution in [1.29, 1.82) is 0 Å². The summed E-state index contributed by atoms with van der Waals surface area (Å²) in [4.78, 5) is 12.5. The minimum absolute atomic E-state index is 0.398. The Morgan fingerprint density at radius 3 is 2.55 bits per heavy atom. The van der Waals surface area contributed by atoms with Gasteiger partial charge in [-0.05, 0) is 25.9 Å². The van der Waals surface area contributed by atoms with Gasteiger partial charge in [-0.25, -0.2) is 0 Å². The molecule has 64 valence electrons. The normalized spacial score (nSPS) is 21.9. The Labute approximate surface area is 66.0 Å². The number of nitrogens with two attached hydrogens (primary N) is 1. The van der Waals surface area contributed by atoms with Crippen molar-refractivity contribution >= 4 is 5.91 Å². The first kappa shape index (κ1) is 8.49. The van der Waals surface area contributed by atoms with Crippen LogP contribution < -0.4 is 5.73 Å². The maximum Gasteiger partial charge on any atom is 0.247 e. The van der Waals surface area contributed by atoms with Crippen LogP contribution in [0, 0.1) is 0 Å². The first-order chi connectivity index (χ1) is 5.20. The summed E-state index contributed by atoms with van der Waals surface area (Å²) in [7, 11) is 0. The Morgan fingerprint density at radius 2 is 2.09 bits per heavy atom. The van der Waals surface area contributed by atoms with Crippen molar-refractivity contribution in [2.24, 2.45) is 5.73 Å². The summed E-state index contributed by atoms with van der Waals surface area (Å²) in [5.41, 5.74) is 4.90. The molecular weight excluding hydrogens is 144 g/mol. The summed E-state index contributed by atoms with van der Waals surface area (Å²) in [6, 6.07) is 0. The Morgan fingerprint density at radius 1 is 1.55 bits per heavy atom. The van der Waals surface area contributed by atoms with Crippen LogP contribution in [-0.4, -0.2) is 41.7 Å². The highest BCUT2D eigenvalue weighted by molar-refractivity contribution is 5.78. The van der Waals surface area contributed by atoms with Crippen LogP contribution >= 0.6 is 0 Å².